The third-order valence-electron chi connectivity index (χ3n) is 5.33. The number of carbonyl (C=O) groups is 2. The highest BCUT2D eigenvalue weighted by atomic mass is 19.1. The molecule has 0 aromatic heterocycles. The second kappa shape index (κ2) is 10.2. The fraction of sp³-hybridized carbons (Fsp3) is 0.333. The van der Waals surface area contributed by atoms with E-state index in [9.17, 15) is 18.4 Å². The van der Waals surface area contributed by atoms with Crippen LogP contribution in [0.2, 0.25) is 0 Å². The summed E-state index contributed by atoms with van der Waals surface area (Å²) in [5.74, 6) is -0.388. The Bertz CT molecular complexity index is 851. The number of rotatable bonds is 8. The van der Waals surface area contributed by atoms with Crippen molar-refractivity contribution in [3.63, 3.8) is 0 Å². The molecule has 0 spiro atoms. The van der Waals surface area contributed by atoms with Gasteiger partial charge in [-0.25, -0.2) is 8.78 Å². The minimum Gasteiger partial charge on any atom is -0.303 e. The maximum atomic E-state index is 12.9. The minimum atomic E-state index is -0.350. The van der Waals surface area contributed by atoms with Crippen molar-refractivity contribution in [1.82, 2.24) is 4.90 Å². The van der Waals surface area contributed by atoms with Crippen LogP contribution in [0.4, 0.5) is 8.78 Å². The molecule has 0 unspecified atom stereocenters. The van der Waals surface area contributed by atoms with Crippen molar-refractivity contribution < 1.29 is 18.4 Å². The molecule has 2 aromatic carbocycles. The number of Topliss-reactive ketones (excluding diaryl/α,β-unsaturated/α-hetero) is 1. The van der Waals surface area contributed by atoms with Crippen LogP contribution in [-0.2, 0) is 0 Å². The zero-order valence-corrected chi connectivity index (χ0v) is 16.3. The smallest absolute Gasteiger partial charge is 0.185 e. The van der Waals surface area contributed by atoms with Gasteiger partial charge in [0.25, 0.3) is 0 Å². The summed E-state index contributed by atoms with van der Waals surface area (Å²) in [6, 6.07) is 11.3. The summed E-state index contributed by atoms with van der Waals surface area (Å²) in [4.78, 5) is 26.6. The molecule has 29 heavy (non-hydrogen) atoms. The summed E-state index contributed by atoms with van der Waals surface area (Å²) in [5.41, 5.74) is 1.05. The molecule has 152 valence electrons. The normalized spacial score (nSPS) is 15.7. The third kappa shape index (κ3) is 6.43. The van der Waals surface area contributed by atoms with Crippen molar-refractivity contribution in [2.75, 3.05) is 19.6 Å². The Hall–Kier alpha value is -2.66. The molecule has 1 saturated heterocycles. The van der Waals surface area contributed by atoms with Gasteiger partial charge in [0.05, 0.1) is 0 Å². The van der Waals surface area contributed by atoms with Gasteiger partial charge in [0.15, 0.2) is 11.6 Å². The van der Waals surface area contributed by atoms with Gasteiger partial charge >= 0.3 is 0 Å². The molecule has 0 radical (unpaired) electrons. The lowest BCUT2D eigenvalue weighted by molar-refractivity contribution is 0.0971. The van der Waals surface area contributed by atoms with Crippen molar-refractivity contribution >= 4 is 11.6 Å². The van der Waals surface area contributed by atoms with Crippen molar-refractivity contribution in [3.05, 3.63) is 83.4 Å². The van der Waals surface area contributed by atoms with E-state index < -0.39 is 0 Å². The highest BCUT2D eigenvalue weighted by Crippen LogP contribution is 2.19. The molecule has 0 saturated carbocycles. The number of allylic oxidation sites excluding steroid dienone is 2. The molecule has 1 fully saturated rings. The largest absolute Gasteiger partial charge is 0.303 e. The number of hydrogen-bond donors (Lipinski definition) is 0. The molecule has 5 heteroatoms. The van der Waals surface area contributed by atoms with Crippen molar-refractivity contribution in [2.24, 2.45) is 5.92 Å². The van der Waals surface area contributed by atoms with Crippen LogP contribution in [0.25, 0.3) is 0 Å². The van der Waals surface area contributed by atoms with Gasteiger partial charge in [0.1, 0.15) is 11.6 Å². The third-order valence-corrected chi connectivity index (χ3v) is 5.33. The number of halogens is 2. The Labute approximate surface area is 170 Å². The van der Waals surface area contributed by atoms with Crippen molar-refractivity contribution in [2.45, 2.75) is 25.7 Å². The van der Waals surface area contributed by atoms with E-state index in [0.29, 0.717) is 23.5 Å². The molecule has 1 aliphatic heterocycles. The Balaban J connectivity index is 1.36. The molecule has 3 nitrogen and oxygen atoms in total. The van der Waals surface area contributed by atoms with E-state index in [2.05, 4.69) is 4.90 Å². The Kier molecular flexibility index (Phi) is 7.42. The lowest BCUT2D eigenvalue weighted by Gasteiger charge is -2.30. The molecule has 1 aliphatic rings. The number of benzene rings is 2. The number of carbonyl (C=O) groups excluding carboxylic acids is 2. The average molecular weight is 397 g/mol. The zero-order valence-electron chi connectivity index (χ0n) is 16.3. The molecule has 2 aromatic rings. The Morgan fingerprint density at radius 3 is 2.03 bits per heavy atom. The van der Waals surface area contributed by atoms with Gasteiger partial charge < -0.3 is 4.90 Å². The van der Waals surface area contributed by atoms with Gasteiger partial charge in [-0.3, -0.25) is 9.59 Å². The second-order valence-electron chi connectivity index (χ2n) is 7.44. The van der Waals surface area contributed by atoms with Crippen LogP contribution in [0.5, 0.6) is 0 Å². The van der Waals surface area contributed by atoms with E-state index >= 15 is 0 Å². The number of ketones is 2. The summed E-state index contributed by atoms with van der Waals surface area (Å²) in [6.45, 7) is 2.73. The first-order valence-electron chi connectivity index (χ1n) is 10.0. The van der Waals surface area contributed by atoms with Crippen LogP contribution in [0.3, 0.4) is 0 Å². The molecule has 0 atom stereocenters. The number of hydrogen-bond acceptors (Lipinski definition) is 3. The monoisotopic (exact) mass is 397 g/mol. The molecule has 0 N–H and O–H groups in total. The highest BCUT2D eigenvalue weighted by Gasteiger charge is 2.17. The summed E-state index contributed by atoms with van der Waals surface area (Å²) in [5, 5.41) is 0. The maximum Gasteiger partial charge on any atom is 0.185 e. The summed E-state index contributed by atoms with van der Waals surface area (Å²) in [6.07, 6.45) is 6.73. The molecule has 0 bridgehead atoms. The summed E-state index contributed by atoms with van der Waals surface area (Å²) >= 11 is 0. The van der Waals surface area contributed by atoms with Crippen LogP contribution in [-0.4, -0.2) is 36.1 Å². The van der Waals surface area contributed by atoms with Crippen molar-refractivity contribution in [3.8, 4) is 0 Å². The molecule has 0 aliphatic carbocycles. The predicted molar refractivity (Wildman–Crippen MR) is 109 cm³/mol. The van der Waals surface area contributed by atoms with Gasteiger partial charge in [0.2, 0.25) is 0 Å². The van der Waals surface area contributed by atoms with E-state index in [-0.39, 0.29) is 23.2 Å². The molecule has 1 heterocycles. The standard InChI is InChI=1S/C24H25F2NO2/c25-21-8-4-19(5-9-21)23(28)2-1-15-27-16-13-18(14-17-27)3-12-24(29)20-6-10-22(26)11-7-20/h3-12,18H,1-2,13-17H2/b12-3+. The average Bonchev–Trinajstić information content (AvgIpc) is 2.74. The van der Waals surface area contributed by atoms with Gasteiger partial charge in [-0.2, -0.15) is 0 Å². The van der Waals surface area contributed by atoms with Gasteiger partial charge in [-0.15, -0.1) is 0 Å². The lowest BCUT2D eigenvalue weighted by atomic mass is 9.95. The Morgan fingerprint density at radius 1 is 0.897 bits per heavy atom. The minimum absolute atomic E-state index is 0.0436. The number of nitrogens with zero attached hydrogens (tertiary/aromatic N) is 1. The van der Waals surface area contributed by atoms with E-state index in [1.807, 2.05) is 6.08 Å². The van der Waals surface area contributed by atoms with Gasteiger partial charge in [0, 0.05) is 17.5 Å². The fourth-order valence-corrected chi connectivity index (χ4v) is 3.55. The summed E-state index contributed by atoms with van der Waals surface area (Å²) < 4.78 is 25.9. The van der Waals surface area contributed by atoms with Crippen molar-refractivity contribution in [1.29, 1.82) is 0 Å². The molecule has 3 rings (SSSR count). The fourth-order valence-electron chi connectivity index (χ4n) is 3.55. The highest BCUT2D eigenvalue weighted by molar-refractivity contribution is 6.04. The topological polar surface area (TPSA) is 37.4 Å². The second-order valence-corrected chi connectivity index (χ2v) is 7.44. The first kappa shape index (κ1) is 21.1. The number of likely N-dealkylation sites (tertiary alicyclic amines) is 1. The van der Waals surface area contributed by atoms with Crippen LogP contribution < -0.4 is 0 Å². The first-order valence-corrected chi connectivity index (χ1v) is 10.0. The van der Waals surface area contributed by atoms with E-state index in [4.69, 9.17) is 0 Å². The molecular formula is C24H25F2NO2. The maximum absolute atomic E-state index is 12.9. The van der Waals surface area contributed by atoms with Gasteiger partial charge in [-0.05, 0) is 99.4 Å². The van der Waals surface area contributed by atoms with Crippen LogP contribution in [0.1, 0.15) is 46.4 Å². The van der Waals surface area contributed by atoms with Gasteiger partial charge in [-0.1, -0.05) is 6.08 Å². The quantitative estimate of drug-likeness (QED) is 0.461. The van der Waals surface area contributed by atoms with E-state index in [1.165, 1.54) is 48.5 Å². The van der Waals surface area contributed by atoms with E-state index in [1.54, 1.807) is 6.08 Å². The predicted octanol–water partition coefficient (Wildman–Crippen LogP) is 5.08. The molecule has 0 amide bonds. The first-order chi connectivity index (χ1) is 14.0. The Morgan fingerprint density at radius 2 is 1.45 bits per heavy atom. The van der Waals surface area contributed by atoms with Crippen LogP contribution in [0.15, 0.2) is 60.7 Å². The SMILES string of the molecule is O=C(/C=C/C1CCN(CCCC(=O)c2ccc(F)cc2)CC1)c1ccc(F)cc1. The van der Waals surface area contributed by atoms with E-state index in [0.717, 1.165) is 38.9 Å². The molecular weight excluding hydrogens is 372 g/mol. The van der Waals surface area contributed by atoms with Crippen LogP contribution in [0, 0.1) is 17.6 Å². The summed E-state index contributed by atoms with van der Waals surface area (Å²) in [7, 11) is 0. The lowest BCUT2D eigenvalue weighted by Crippen LogP contribution is -2.34. The number of piperidine rings is 1. The zero-order chi connectivity index (χ0) is 20.6. The van der Waals surface area contributed by atoms with Crippen LogP contribution >= 0.6 is 0 Å².